The highest BCUT2D eigenvalue weighted by molar-refractivity contribution is 5.83. The zero-order valence-corrected chi connectivity index (χ0v) is 11.5. The molecule has 0 bridgehead atoms. The molecule has 0 amide bonds. The Morgan fingerprint density at radius 1 is 1.32 bits per heavy atom. The quantitative estimate of drug-likeness (QED) is 0.589. The van der Waals surface area contributed by atoms with E-state index in [1.54, 1.807) is 0 Å². The SMILES string of the molecule is CCCCCn1nnc(C=O)c1-c1cccc(C)c1. The fourth-order valence-electron chi connectivity index (χ4n) is 2.16. The first-order valence-electron chi connectivity index (χ1n) is 6.72. The van der Waals surface area contributed by atoms with Gasteiger partial charge in [-0.1, -0.05) is 48.7 Å². The maximum atomic E-state index is 11.1. The van der Waals surface area contributed by atoms with Gasteiger partial charge in [-0.05, 0) is 19.4 Å². The summed E-state index contributed by atoms with van der Waals surface area (Å²) in [6.45, 7) is 5.01. The van der Waals surface area contributed by atoms with Gasteiger partial charge >= 0.3 is 0 Å². The van der Waals surface area contributed by atoms with E-state index in [1.165, 1.54) is 0 Å². The number of rotatable bonds is 6. The maximum Gasteiger partial charge on any atom is 0.172 e. The van der Waals surface area contributed by atoms with Gasteiger partial charge in [-0.3, -0.25) is 4.79 Å². The first-order chi connectivity index (χ1) is 9.26. The molecule has 1 aromatic carbocycles. The van der Waals surface area contributed by atoms with Crippen LogP contribution in [0.25, 0.3) is 11.3 Å². The summed E-state index contributed by atoms with van der Waals surface area (Å²) in [6.07, 6.45) is 4.15. The Labute approximate surface area is 113 Å². The van der Waals surface area contributed by atoms with Gasteiger partial charge in [-0.2, -0.15) is 0 Å². The molecule has 4 heteroatoms. The normalized spacial score (nSPS) is 10.6. The van der Waals surface area contributed by atoms with Crippen molar-refractivity contribution in [2.45, 2.75) is 39.7 Å². The fourth-order valence-corrected chi connectivity index (χ4v) is 2.16. The van der Waals surface area contributed by atoms with Crippen molar-refractivity contribution in [2.24, 2.45) is 0 Å². The molecule has 0 N–H and O–H groups in total. The van der Waals surface area contributed by atoms with Crippen molar-refractivity contribution in [2.75, 3.05) is 0 Å². The molecule has 0 saturated heterocycles. The summed E-state index contributed by atoms with van der Waals surface area (Å²) in [5.74, 6) is 0. The highest BCUT2D eigenvalue weighted by atomic mass is 16.1. The molecule has 0 fully saturated rings. The molecule has 2 aromatic rings. The van der Waals surface area contributed by atoms with Crippen molar-refractivity contribution in [1.82, 2.24) is 15.0 Å². The van der Waals surface area contributed by atoms with E-state index in [1.807, 2.05) is 29.8 Å². The van der Waals surface area contributed by atoms with E-state index in [2.05, 4.69) is 23.3 Å². The van der Waals surface area contributed by atoms with Crippen molar-refractivity contribution in [3.63, 3.8) is 0 Å². The Morgan fingerprint density at radius 2 is 2.16 bits per heavy atom. The average molecular weight is 257 g/mol. The summed E-state index contributed by atoms with van der Waals surface area (Å²) in [6, 6.07) is 8.08. The lowest BCUT2D eigenvalue weighted by Gasteiger charge is -2.07. The third kappa shape index (κ3) is 3.08. The number of hydrogen-bond donors (Lipinski definition) is 0. The molecular weight excluding hydrogens is 238 g/mol. The zero-order chi connectivity index (χ0) is 13.7. The van der Waals surface area contributed by atoms with Gasteiger partial charge in [0.15, 0.2) is 12.0 Å². The number of nitrogens with zero attached hydrogens (tertiary/aromatic N) is 3. The third-order valence-corrected chi connectivity index (χ3v) is 3.14. The predicted octanol–water partition coefficient (Wildman–Crippen LogP) is 3.26. The van der Waals surface area contributed by atoms with E-state index >= 15 is 0 Å². The second kappa shape index (κ2) is 6.27. The van der Waals surface area contributed by atoms with Crippen LogP contribution in [0.4, 0.5) is 0 Å². The van der Waals surface area contributed by atoms with Gasteiger partial charge in [0.2, 0.25) is 0 Å². The third-order valence-electron chi connectivity index (χ3n) is 3.14. The van der Waals surface area contributed by atoms with Crippen molar-refractivity contribution < 1.29 is 4.79 Å². The first-order valence-corrected chi connectivity index (χ1v) is 6.72. The van der Waals surface area contributed by atoms with Crippen molar-refractivity contribution >= 4 is 6.29 Å². The van der Waals surface area contributed by atoms with E-state index in [9.17, 15) is 4.79 Å². The average Bonchev–Trinajstić information content (AvgIpc) is 2.82. The van der Waals surface area contributed by atoms with Crippen molar-refractivity contribution in [3.05, 3.63) is 35.5 Å². The first kappa shape index (κ1) is 13.5. The highest BCUT2D eigenvalue weighted by Crippen LogP contribution is 2.22. The van der Waals surface area contributed by atoms with Crippen molar-refractivity contribution in [1.29, 1.82) is 0 Å². The van der Waals surface area contributed by atoms with Crippen LogP contribution in [0.5, 0.6) is 0 Å². The fraction of sp³-hybridized carbons (Fsp3) is 0.400. The van der Waals surface area contributed by atoms with Gasteiger partial charge in [0.1, 0.15) is 0 Å². The Bertz CT molecular complexity index is 560. The molecule has 0 atom stereocenters. The van der Waals surface area contributed by atoms with Crippen LogP contribution in [0, 0.1) is 6.92 Å². The van der Waals surface area contributed by atoms with Crippen molar-refractivity contribution in [3.8, 4) is 11.3 Å². The topological polar surface area (TPSA) is 47.8 Å². The summed E-state index contributed by atoms with van der Waals surface area (Å²) in [7, 11) is 0. The maximum absolute atomic E-state index is 11.1. The molecule has 0 unspecified atom stereocenters. The molecule has 1 aromatic heterocycles. The Morgan fingerprint density at radius 3 is 2.84 bits per heavy atom. The Hall–Kier alpha value is -1.97. The minimum atomic E-state index is 0.419. The number of hydrogen-bond acceptors (Lipinski definition) is 3. The summed E-state index contributed by atoms with van der Waals surface area (Å²) in [5.41, 5.74) is 3.41. The number of benzene rings is 1. The summed E-state index contributed by atoms with van der Waals surface area (Å²) < 4.78 is 1.84. The standard InChI is InChI=1S/C15H19N3O/c1-3-4-5-9-18-15(14(11-19)16-17-18)13-8-6-7-12(2)10-13/h6-8,10-11H,3-5,9H2,1-2H3. The van der Waals surface area contributed by atoms with E-state index in [4.69, 9.17) is 0 Å². The summed E-state index contributed by atoms with van der Waals surface area (Å²) >= 11 is 0. The van der Waals surface area contributed by atoms with Crippen LogP contribution in [0.1, 0.15) is 42.2 Å². The molecule has 0 aliphatic heterocycles. The number of carbonyl (C=O) groups is 1. The lowest BCUT2D eigenvalue weighted by molar-refractivity contribution is 0.111. The number of aryl methyl sites for hydroxylation is 2. The summed E-state index contributed by atoms with van der Waals surface area (Å²) in [5, 5.41) is 8.06. The van der Waals surface area contributed by atoms with Gasteiger partial charge in [0.25, 0.3) is 0 Å². The van der Waals surface area contributed by atoms with Crippen LogP contribution in [-0.2, 0) is 6.54 Å². The van der Waals surface area contributed by atoms with E-state index in [0.717, 1.165) is 48.9 Å². The molecule has 4 nitrogen and oxygen atoms in total. The van der Waals surface area contributed by atoms with Gasteiger partial charge in [-0.15, -0.1) is 5.10 Å². The summed E-state index contributed by atoms with van der Waals surface area (Å²) in [4.78, 5) is 11.1. The lowest BCUT2D eigenvalue weighted by atomic mass is 10.1. The minimum Gasteiger partial charge on any atom is -0.296 e. The second-order valence-electron chi connectivity index (χ2n) is 4.74. The molecule has 0 aliphatic carbocycles. The van der Waals surface area contributed by atoms with Gasteiger partial charge < -0.3 is 0 Å². The van der Waals surface area contributed by atoms with Crippen LogP contribution in [0.3, 0.4) is 0 Å². The van der Waals surface area contributed by atoms with E-state index in [0.29, 0.717) is 5.69 Å². The zero-order valence-electron chi connectivity index (χ0n) is 11.5. The molecular formula is C15H19N3O. The van der Waals surface area contributed by atoms with E-state index < -0.39 is 0 Å². The molecule has 19 heavy (non-hydrogen) atoms. The van der Waals surface area contributed by atoms with Crippen LogP contribution in [0.15, 0.2) is 24.3 Å². The molecule has 100 valence electrons. The Kier molecular flexibility index (Phi) is 4.44. The molecule has 0 saturated carbocycles. The molecule has 0 aliphatic rings. The Balaban J connectivity index is 2.36. The van der Waals surface area contributed by atoms with Crippen LogP contribution < -0.4 is 0 Å². The highest BCUT2D eigenvalue weighted by Gasteiger charge is 2.14. The largest absolute Gasteiger partial charge is 0.296 e. The van der Waals surface area contributed by atoms with Gasteiger partial charge in [0, 0.05) is 12.1 Å². The predicted molar refractivity (Wildman–Crippen MR) is 75.1 cm³/mol. The van der Waals surface area contributed by atoms with Crippen LogP contribution in [-0.4, -0.2) is 21.3 Å². The number of carbonyl (C=O) groups excluding carboxylic acids is 1. The number of unbranched alkanes of at least 4 members (excludes halogenated alkanes) is 2. The number of aldehydes is 1. The van der Waals surface area contributed by atoms with Crippen LogP contribution in [0.2, 0.25) is 0 Å². The minimum absolute atomic E-state index is 0.419. The monoisotopic (exact) mass is 257 g/mol. The smallest absolute Gasteiger partial charge is 0.172 e. The molecule has 0 radical (unpaired) electrons. The molecule has 0 spiro atoms. The molecule has 2 rings (SSSR count). The molecule has 1 heterocycles. The van der Waals surface area contributed by atoms with Gasteiger partial charge in [0.05, 0.1) is 5.69 Å². The van der Waals surface area contributed by atoms with E-state index in [-0.39, 0.29) is 0 Å². The lowest BCUT2D eigenvalue weighted by Crippen LogP contribution is -2.03. The number of aromatic nitrogens is 3. The van der Waals surface area contributed by atoms with Gasteiger partial charge in [-0.25, -0.2) is 4.68 Å². The van der Waals surface area contributed by atoms with Crippen LogP contribution >= 0.6 is 0 Å². The second-order valence-corrected chi connectivity index (χ2v) is 4.74.